The van der Waals surface area contributed by atoms with Crippen LogP contribution >= 0.6 is 11.6 Å². The third-order valence-electron chi connectivity index (χ3n) is 2.58. The van der Waals surface area contributed by atoms with E-state index in [1.807, 2.05) is 6.92 Å². The molecule has 102 valence electrons. The van der Waals surface area contributed by atoms with Crippen LogP contribution in [0.2, 0.25) is 5.15 Å². The van der Waals surface area contributed by atoms with Crippen LogP contribution in [0.5, 0.6) is 0 Å². The van der Waals surface area contributed by atoms with Gasteiger partial charge in [0.15, 0.2) is 10.2 Å². The fraction of sp³-hybridized carbons (Fsp3) is 0.273. The van der Waals surface area contributed by atoms with Gasteiger partial charge in [-0.1, -0.05) is 18.5 Å². The Hall–Kier alpha value is -1.60. The van der Waals surface area contributed by atoms with Crippen molar-refractivity contribution in [3.63, 3.8) is 0 Å². The number of halogens is 1. The number of sulfonamides is 1. The van der Waals surface area contributed by atoms with Crippen molar-refractivity contribution in [2.24, 2.45) is 0 Å². The molecule has 8 heteroatoms. The summed E-state index contributed by atoms with van der Waals surface area (Å²) in [5, 5.41) is 0.113. The number of hydrogen-bond donors (Lipinski definition) is 2. The van der Waals surface area contributed by atoms with Crippen LogP contribution in [0.4, 0.5) is 5.69 Å². The van der Waals surface area contributed by atoms with Gasteiger partial charge in [-0.3, -0.25) is 4.72 Å². The monoisotopic (exact) mass is 300 g/mol. The van der Waals surface area contributed by atoms with E-state index < -0.39 is 10.0 Å². The number of aromatic nitrogens is 3. The lowest BCUT2D eigenvalue weighted by molar-refractivity contribution is 0.598. The maximum atomic E-state index is 12.2. The number of aromatic amines is 1. The second kappa shape index (κ2) is 5.18. The first-order valence-corrected chi connectivity index (χ1v) is 7.48. The van der Waals surface area contributed by atoms with Crippen LogP contribution < -0.4 is 4.72 Å². The Morgan fingerprint density at radius 3 is 2.74 bits per heavy atom. The number of anilines is 1. The van der Waals surface area contributed by atoms with Crippen LogP contribution in [-0.2, 0) is 16.4 Å². The number of pyridine rings is 1. The first-order valence-electron chi connectivity index (χ1n) is 5.62. The lowest BCUT2D eigenvalue weighted by Gasteiger charge is -2.09. The quantitative estimate of drug-likeness (QED) is 0.847. The summed E-state index contributed by atoms with van der Waals surface area (Å²) in [6.45, 7) is 3.63. The van der Waals surface area contributed by atoms with E-state index in [1.165, 1.54) is 12.4 Å². The molecule has 0 atom stereocenters. The molecule has 0 aliphatic heterocycles. The molecule has 0 saturated carbocycles. The van der Waals surface area contributed by atoms with Crippen LogP contribution in [0.25, 0.3) is 0 Å². The van der Waals surface area contributed by atoms with E-state index in [-0.39, 0.29) is 15.9 Å². The lowest BCUT2D eigenvalue weighted by atomic mass is 10.3. The van der Waals surface area contributed by atoms with Crippen molar-refractivity contribution in [1.82, 2.24) is 15.0 Å². The van der Waals surface area contributed by atoms with Crippen molar-refractivity contribution >= 4 is 27.3 Å². The number of rotatable bonds is 4. The Morgan fingerprint density at radius 1 is 1.42 bits per heavy atom. The minimum Gasteiger partial charge on any atom is -0.332 e. The SMILES string of the molecule is CCc1ncc(S(=O)(=O)Nc2c(C)ccnc2Cl)[nH]1. The van der Waals surface area contributed by atoms with Gasteiger partial charge in [0.2, 0.25) is 0 Å². The number of aryl methyl sites for hydroxylation is 2. The topological polar surface area (TPSA) is 87.7 Å². The van der Waals surface area contributed by atoms with E-state index in [0.717, 1.165) is 0 Å². The summed E-state index contributed by atoms with van der Waals surface area (Å²) >= 11 is 5.89. The summed E-state index contributed by atoms with van der Waals surface area (Å²) < 4.78 is 26.7. The second-order valence-electron chi connectivity index (χ2n) is 3.95. The van der Waals surface area contributed by atoms with Crippen molar-refractivity contribution in [3.05, 3.63) is 35.0 Å². The zero-order valence-corrected chi connectivity index (χ0v) is 12.0. The number of nitrogens with zero attached hydrogens (tertiary/aromatic N) is 2. The molecule has 2 N–H and O–H groups in total. The van der Waals surface area contributed by atoms with Gasteiger partial charge in [-0.15, -0.1) is 0 Å². The second-order valence-corrected chi connectivity index (χ2v) is 5.96. The van der Waals surface area contributed by atoms with E-state index >= 15 is 0 Å². The summed E-state index contributed by atoms with van der Waals surface area (Å²) in [5.41, 5.74) is 0.968. The zero-order chi connectivity index (χ0) is 14.0. The molecule has 2 aromatic rings. The van der Waals surface area contributed by atoms with Gasteiger partial charge in [0.25, 0.3) is 10.0 Å². The Kier molecular flexibility index (Phi) is 3.77. The summed E-state index contributed by atoms with van der Waals surface area (Å²) in [6, 6.07) is 1.67. The molecule has 0 fully saturated rings. The Bertz CT molecular complexity index is 676. The Morgan fingerprint density at radius 2 is 2.16 bits per heavy atom. The van der Waals surface area contributed by atoms with Gasteiger partial charge >= 0.3 is 0 Å². The third-order valence-corrected chi connectivity index (χ3v) is 4.12. The summed E-state index contributed by atoms with van der Waals surface area (Å²) in [4.78, 5) is 10.6. The highest BCUT2D eigenvalue weighted by Gasteiger charge is 2.19. The average Bonchev–Trinajstić information content (AvgIpc) is 2.83. The molecule has 0 unspecified atom stereocenters. The molecule has 0 aliphatic rings. The van der Waals surface area contributed by atoms with Crippen LogP contribution in [0.3, 0.4) is 0 Å². The van der Waals surface area contributed by atoms with Gasteiger partial charge < -0.3 is 4.98 Å². The highest BCUT2D eigenvalue weighted by atomic mass is 35.5. The molecule has 0 amide bonds. The van der Waals surface area contributed by atoms with Crippen LogP contribution in [0.15, 0.2) is 23.5 Å². The summed E-state index contributed by atoms with van der Waals surface area (Å²) in [6.07, 6.45) is 3.42. The van der Waals surface area contributed by atoms with Gasteiger partial charge in [-0.05, 0) is 18.6 Å². The molecule has 6 nitrogen and oxygen atoms in total. The molecule has 2 heterocycles. The fourth-order valence-electron chi connectivity index (χ4n) is 1.50. The lowest BCUT2D eigenvalue weighted by Crippen LogP contribution is -2.15. The number of imidazole rings is 1. The maximum Gasteiger partial charge on any atom is 0.279 e. The molecule has 2 aromatic heterocycles. The van der Waals surface area contributed by atoms with Gasteiger partial charge in [0.05, 0.1) is 11.9 Å². The standard InChI is InChI=1S/C11H13ClN4O2S/c1-3-8-14-6-9(15-8)19(17,18)16-10-7(2)4-5-13-11(10)12/h4-6,16H,3H2,1-2H3,(H,14,15). The van der Waals surface area contributed by atoms with Crippen molar-refractivity contribution < 1.29 is 8.42 Å². The molecule has 0 radical (unpaired) electrons. The highest BCUT2D eigenvalue weighted by Crippen LogP contribution is 2.25. The van der Waals surface area contributed by atoms with Gasteiger partial charge in [0.1, 0.15) is 5.82 Å². The predicted molar refractivity (Wildman–Crippen MR) is 72.8 cm³/mol. The van der Waals surface area contributed by atoms with Crippen molar-refractivity contribution in [1.29, 1.82) is 0 Å². The third kappa shape index (κ3) is 2.87. The van der Waals surface area contributed by atoms with Crippen LogP contribution in [-0.4, -0.2) is 23.4 Å². The van der Waals surface area contributed by atoms with Gasteiger partial charge in [-0.25, -0.2) is 9.97 Å². The molecule has 0 aliphatic carbocycles. The van der Waals surface area contributed by atoms with Gasteiger partial charge in [-0.2, -0.15) is 8.42 Å². The minimum atomic E-state index is -3.74. The van der Waals surface area contributed by atoms with Gasteiger partial charge in [0, 0.05) is 12.6 Å². The van der Waals surface area contributed by atoms with Crippen LogP contribution in [0.1, 0.15) is 18.3 Å². The summed E-state index contributed by atoms with van der Waals surface area (Å²) in [7, 11) is -3.74. The molecule has 0 spiro atoms. The van der Waals surface area contributed by atoms with Crippen LogP contribution in [0, 0.1) is 6.92 Å². The molecular weight excluding hydrogens is 288 g/mol. The maximum absolute atomic E-state index is 12.2. The van der Waals surface area contributed by atoms with Crippen molar-refractivity contribution in [2.45, 2.75) is 25.3 Å². The minimum absolute atomic E-state index is 0.00340. The predicted octanol–water partition coefficient (Wildman–Crippen LogP) is 2.13. The van der Waals surface area contributed by atoms with E-state index in [9.17, 15) is 8.42 Å². The molecule has 0 bridgehead atoms. The number of nitrogens with one attached hydrogen (secondary N) is 2. The van der Waals surface area contributed by atoms with E-state index in [4.69, 9.17) is 11.6 Å². The fourth-order valence-corrected chi connectivity index (χ4v) is 2.89. The highest BCUT2D eigenvalue weighted by molar-refractivity contribution is 7.92. The summed E-state index contributed by atoms with van der Waals surface area (Å²) in [5.74, 6) is 0.606. The number of hydrogen-bond acceptors (Lipinski definition) is 4. The normalized spacial score (nSPS) is 11.5. The Balaban J connectivity index is 2.36. The van der Waals surface area contributed by atoms with E-state index in [1.54, 1.807) is 13.0 Å². The van der Waals surface area contributed by atoms with E-state index in [0.29, 0.717) is 17.8 Å². The Labute approximate surface area is 116 Å². The zero-order valence-electron chi connectivity index (χ0n) is 10.4. The average molecular weight is 301 g/mol. The van der Waals surface area contributed by atoms with Crippen molar-refractivity contribution in [2.75, 3.05) is 4.72 Å². The van der Waals surface area contributed by atoms with E-state index in [2.05, 4.69) is 19.7 Å². The number of H-pyrrole nitrogens is 1. The molecule has 2 rings (SSSR count). The molecule has 0 aromatic carbocycles. The molecule has 0 saturated heterocycles. The van der Waals surface area contributed by atoms with Crippen molar-refractivity contribution in [3.8, 4) is 0 Å². The smallest absolute Gasteiger partial charge is 0.279 e. The molecular formula is C11H13ClN4O2S. The largest absolute Gasteiger partial charge is 0.332 e. The first kappa shape index (κ1) is 13.8. The first-order chi connectivity index (χ1) is 8.94. The molecule has 19 heavy (non-hydrogen) atoms.